The van der Waals surface area contributed by atoms with Crippen LogP contribution in [0.3, 0.4) is 0 Å². The van der Waals surface area contributed by atoms with Crippen LogP contribution < -0.4 is 10.5 Å². The molecule has 0 saturated heterocycles. The minimum atomic E-state index is -0.415. The van der Waals surface area contributed by atoms with Crippen molar-refractivity contribution in [3.8, 4) is 11.8 Å². The van der Waals surface area contributed by atoms with Gasteiger partial charge in [0, 0.05) is 18.5 Å². The summed E-state index contributed by atoms with van der Waals surface area (Å²) in [6.07, 6.45) is 3.09. The van der Waals surface area contributed by atoms with Crippen molar-refractivity contribution in [2.24, 2.45) is 0 Å². The van der Waals surface area contributed by atoms with E-state index in [4.69, 9.17) is 10.5 Å². The summed E-state index contributed by atoms with van der Waals surface area (Å²) in [4.78, 5) is 7.82. The molecule has 0 bridgehead atoms. The fourth-order valence-corrected chi connectivity index (χ4v) is 1.27. The molecule has 2 aromatic rings. The molecule has 0 aliphatic carbocycles. The van der Waals surface area contributed by atoms with E-state index in [1.807, 2.05) is 0 Å². The molecule has 16 heavy (non-hydrogen) atoms. The molecule has 0 radical (unpaired) electrons. The van der Waals surface area contributed by atoms with E-state index < -0.39 is 5.82 Å². The number of aromatic nitrogens is 2. The summed E-state index contributed by atoms with van der Waals surface area (Å²) < 4.78 is 18.8. The van der Waals surface area contributed by atoms with Gasteiger partial charge in [-0.05, 0) is 28.1 Å². The highest BCUT2D eigenvalue weighted by Crippen LogP contribution is 2.25. The molecule has 0 unspecified atom stereocenters. The number of rotatable bonds is 2. The van der Waals surface area contributed by atoms with Gasteiger partial charge in [0.05, 0.1) is 10.2 Å². The molecule has 0 amide bonds. The number of nitrogens with two attached hydrogens (primary N) is 1. The van der Waals surface area contributed by atoms with Crippen LogP contribution in [0.4, 0.5) is 10.1 Å². The normalized spacial score (nSPS) is 10.1. The Labute approximate surface area is 99.4 Å². The summed E-state index contributed by atoms with van der Waals surface area (Å²) in [6.45, 7) is 0. The second-order valence-electron chi connectivity index (χ2n) is 2.97. The van der Waals surface area contributed by atoms with Crippen LogP contribution in [-0.4, -0.2) is 9.97 Å². The van der Waals surface area contributed by atoms with Crippen LogP contribution in [0.2, 0.25) is 0 Å². The highest BCUT2D eigenvalue weighted by Gasteiger charge is 2.05. The fourth-order valence-electron chi connectivity index (χ4n) is 1.06. The summed E-state index contributed by atoms with van der Waals surface area (Å²) >= 11 is 3.20. The molecule has 1 heterocycles. The second kappa shape index (κ2) is 4.44. The maximum atomic E-state index is 12.8. The second-order valence-corrected chi connectivity index (χ2v) is 3.88. The van der Waals surface area contributed by atoms with E-state index in [1.54, 1.807) is 12.4 Å². The van der Waals surface area contributed by atoms with Crippen molar-refractivity contribution >= 4 is 21.6 Å². The van der Waals surface area contributed by atoms with Crippen molar-refractivity contribution in [2.75, 3.05) is 5.73 Å². The Morgan fingerprint density at radius 2 is 1.94 bits per heavy atom. The number of nitrogens with zero attached hydrogens (tertiary/aromatic N) is 2. The number of hydrogen-bond donors (Lipinski definition) is 1. The summed E-state index contributed by atoms with van der Waals surface area (Å²) in [5.41, 5.74) is 5.77. The number of hydrogen-bond acceptors (Lipinski definition) is 4. The van der Waals surface area contributed by atoms with Crippen molar-refractivity contribution in [3.05, 3.63) is 40.9 Å². The molecule has 0 spiro atoms. The molecule has 2 N–H and O–H groups in total. The van der Waals surface area contributed by atoms with Crippen molar-refractivity contribution in [2.45, 2.75) is 0 Å². The third-order valence-corrected chi connectivity index (χ3v) is 2.18. The van der Waals surface area contributed by atoms with Gasteiger partial charge in [-0.3, -0.25) is 0 Å². The predicted octanol–water partition coefficient (Wildman–Crippen LogP) is 2.75. The van der Waals surface area contributed by atoms with E-state index >= 15 is 0 Å². The third kappa shape index (κ3) is 2.46. The van der Waals surface area contributed by atoms with Crippen molar-refractivity contribution in [1.82, 2.24) is 9.97 Å². The van der Waals surface area contributed by atoms with Gasteiger partial charge in [-0.1, -0.05) is 0 Å². The standard InChI is InChI=1S/C10H7BrFN3O/c11-6-4-14-10(15-5-6)16-9-2-1-7(12)3-8(9)13/h1-5H,13H2. The summed E-state index contributed by atoms with van der Waals surface area (Å²) in [5, 5.41) is 0. The average molecular weight is 284 g/mol. The minimum Gasteiger partial charge on any atom is -0.422 e. The first kappa shape index (κ1) is 10.8. The topological polar surface area (TPSA) is 61.0 Å². The zero-order valence-electron chi connectivity index (χ0n) is 8.02. The fraction of sp³-hybridized carbons (Fsp3) is 0. The third-order valence-electron chi connectivity index (χ3n) is 1.77. The van der Waals surface area contributed by atoms with Gasteiger partial charge in [0.25, 0.3) is 0 Å². The van der Waals surface area contributed by atoms with Crippen LogP contribution >= 0.6 is 15.9 Å². The largest absolute Gasteiger partial charge is 0.422 e. The lowest BCUT2D eigenvalue weighted by molar-refractivity contribution is 0.442. The van der Waals surface area contributed by atoms with E-state index in [9.17, 15) is 4.39 Å². The number of nitrogen functional groups attached to an aromatic ring is 1. The molecule has 0 aliphatic rings. The highest BCUT2D eigenvalue weighted by atomic mass is 79.9. The molecule has 0 saturated carbocycles. The van der Waals surface area contributed by atoms with Gasteiger partial charge in [-0.2, -0.15) is 0 Å². The van der Waals surface area contributed by atoms with Crippen LogP contribution in [0.15, 0.2) is 35.1 Å². The monoisotopic (exact) mass is 283 g/mol. The Kier molecular flexibility index (Phi) is 3.00. The Morgan fingerprint density at radius 1 is 1.25 bits per heavy atom. The molecule has 1 aromatic heterocycles. The Morgan fingerprint density at radius 3 is 2.56 bits per heavy atom. The van der Waals surface area contributed by atoms with Crippen LogP contribution in [0, 0.1) is 5.82 Å². The van der Waals surface area contributed by atoms with Crippen molar-refractivity contribution in [1.29, 1.82) is 0 Å². The lowest BCUT2D eigenvalue weighted by atomic mass is 10.3. The Hall–Kier alpha value is -1.69. The highest BCUT2D eigenvalue weighted by molar-refractivity contribution is 9.10. The first-order valence-corrected chi connectivity index (χ1v) is 5.15. The molecule has 6 heteroatoms. The van der Waals surface area contributed by atoms with Gasteiger partial charge >= 0.3 is 6.01 Å². The molecule has 1 aromatic carbocycles. The van der Waals surface area contributed by atoms with Gasteiger partial charge < -0.3 is 10.5 Å². The van der Waals surface area contributed by atoms with E-state index in [-0.39, 0.29) is 11.7 Å². The maximum absolute atomic E-state index is 12.8. The van der Waals surface area contributed by atoms with Crippen molar-refractivity contribution < 1.29 is 9.13 Å². The lowest BCUT2D eigenvalue weighted by Gasteiger charge is -2.06. The van der Waals surface area contributed by atoms with Gasteiger partial charge in [-0.15, -0.1) is 0 Å². The zero-order valence-corrected chi connectivity index (χ0v) is 9.61. The summed E-state index contributed by atoms with van der Waals surface area (Å²) in [7, 11) is 0. The molecule has 0 aliphatic heterocycles. The maximum Gasteiger partial charge on any atom is 0.322 e. The smallest absolute Gasteiger partial charge is 0.322 e. The van der Waals surface area contributed by atoms with Gasteiger partial charge in [0.2, 0.25) is 0 Å². The van der Waals surface area contributed by atoms with E-state index in [0.717, 1.165) is 4.47 Å². The van der Waals surface area contributed by atoms with Crippen LogP contribution in [0.5, 0.6) is 11.8 Å². The number of anilines is 1. The number of ether oxygens (including phenoxy) is 1. The van der Waals surface area contributed by atoms with Crippen molar-refractivity contribution in [3.63, 3.8) is 0 Å². The number of benzene rings is 1. The van der Waals surface area contributed by atoms with Gasteiger partial charge in [0.1, 0.15) is 5.82 Å². The summed E-state index contributed by atoms with van der Waals surface area (Å²) in [6, 6.07) is 4.01. The molecule has 4 nitrogen and oxygen atoms in total. The Balaban J connectivity index is 2.23. The molecule has 82 valence electrons. The van der Waals surface area contributed by atoms with Crippen LogP contribution in [0.25, 0.3) is 0 Å². The Bertz CT molecular complexity index is 504. The minimum absolute atomic E-state index is 0.154. The molecule has 0 atom stereocenters. The molecular formula is C10H7BrFN3O. The summed E-state index contributed by atoms with van der Waals surface area (Å²) in [5.74, 6) is -0.0923. The van der Waals surface area contributed by atoms with E-state index in [0.29, 0.717) is 5.75 Å². The first-order valence-electron chi connectivity index (χ1n) is 4.35. The van der Waals surface area contributed by atoms with E-state index in [2.05, 4.69) is 25.9 Å². The zero-order chi connectivity index (χ0) is 11.5. The number of halogens is 2. The first-order chi connectivity index (χ1) is 7.65. The average Bonchev–Trinajstić information content (AvgIpc) is 2.25. The molecule has 0 fully saturated rings. The van der Waals surface area contributed by atoms with E-state index in [1.165, 1.54) is 18.2 Å². The quantitative estimate of drug-likeness (QED) is 0.861. The SMILES string of the molecule is Nc1cc(F)ccc1Oc1ncc(Br)cn1. The molecule has 2 rings (SSSR count). The van der Waals surface area contributed by atoms with Gasteiger partial charge in [0.15, 0.2) is 5.75 Å². The predicted molar refractivity (Wildman–Crippen MR) is 60.6 cm³/mol. The lowest BCUT2D eigenvalue weighted by Crippen LogP contribution is -1.95. The molecular weight excluding hydrogens is 277 g/mol. The van der Waals surface area contributed by atoms with Crippen LogP contribution in [-0.2, 0) is 0 Å². The van der Waals surface area contributed by atoms with Gasteiger partial charge in [-0.25, -0.2) is 14.4 Å². The van der Waals surface area contributed by atoms with Crippen LogP contribution in [0.1, 0.15) is 0 Å².